The topological polar surface area (TPSA) is 62.6 Å². The average molecular weight is 362 g/mol. The summed E-state index contributed by atoms with van der Waals surface area (Å²) in [5.74, 6) is 0.722. The van der Waals surface area contributed by atoms with E-state index in [0.29, 0.717) is 11.1 Å². The fourth-order valence-corrected chi connectivity index (χ4v) is 2.99. The van der Waals surface area contributed by atoms with E-state index in [2.05, 4.69) is 11.0 Å². The van der Waals surface area contributed by atoms with Crippen molar-refractivity contribution in [1.29, 1.82) is 5.26 Å². The number of ketones is 1. The monoisotopic (exact) mass is 362 g/mol. The second-order valence-electron chi connectivity index (χ2n) is 6.35. The van der Waals surface area contributed by atoms with Gasteiger partial charge in [-0.1, -0.05) is 18.2 Å². The third kappa shape index (κ3) is 5.04. The number of hydrogen-bond donors (Lipinski definition) is 0. The first-order valence-corrected chi connectivity index (χ1v) is 8.89. The van der Waals surface area contributed by atoms with E-state index < -0.39 is 0 Å². The third-order valence-electron chi connectivity index (χ3n) is 4.53. The molecule has 1 aliphatic rings. The summed E-state index contributed by atoms with van der Waals surface area (Å²) >= 11 is 0. The molecule has 1 heterocycles. The molecule has 5 heteroatoms. The maximum absolute atomic E-state index is 12.6. The molecule has 0 atom stereocenters. The number of ether oxygens (including phenoxy) is 2. The zero-order valence-electron chi connectivity index (χ0n) is 15.4. The Labute approximate surface area is 159 Å². The van der Waals surface area contributed by atoms with Crippen LogP contribution in [-0.4, -0.2) is 44.1 Å². The van der Waals surface area contributed by atoms with Crippen LogP contribution in [0, 0.1) is 11.3 Å². The first-order chi connectivity index (χ1) is 13.2. The zero-order valence-corrected chi connectivity index (χ0v) is 15.4. The summed E-state index contributed by atoms with van der Waals surface area (Å²) < 4.78 is 10.8. The first-order valence-electron chi connectivity index (χ1n) is 8.89. The van der Waals surface area contributed by atoms with Gasteiger partial charge in [-0.25, -0.2) is 0 Å². The van der Waals surface area contributed by atoms with E-state index in [1.54, 1.807) is 37.5 Å². The smallest absolute Gasteiger partial charge is 0.185 e. The number of nitriles is 1. The maximum atomic E-state index is 12.6. The van der Waals surface area contributed by atoms with Gasteiger partial charge in [0, 0.05) is 30.8 Å². The van der Waals surface area contributed by atoms with Crippen LogP contribution < -0.4 is 4.74 Å². The lowest BCUT2D eigenvalue weighted by atomic mass is 10.0. The molecule has 0 amide bonds. The Bertz CT molecular complexity index is 860. The van der Waals surface area contributed by atoms with Crippen molar-refractivity contribution in [3.05, 3.63) is 70.8 Å². The molecule has 1 fully saturated rings. The Morgan fingerprint density at radius 3 is 2.63 bits per heavy atom. The zero-order chi connectivity index (χ0) is 19.1. The van der Waals surface area contributed by atoms with Crippen LogP contribution in [0.1, 0.15) is 27.0 Å². The fourth-order valence-electron chi connectivity index (χ4n) is 2.99. The number of nitrogens with zero attached hydrogens (tertiary/aromatic N) is 2. The van der Waals surface area contributed by atoms with Gasteiger partial charge in [0.25, 0.3) is 0 Å². The molecule has 0 aliphatic carbocycles. The van der Waals surface area contributed by atoms with E-state index >= 15 is 0 Å². The Morgan fingerprint density at radius 1 is 1.22 bits per heavy atom. The highest BCUT2D eigenvalue weighted by atomic mass is 16.5. The molecule has 27 heavy (non-hydrogen) atoms. The molecule has 0 radical (unpaired) electrons. The number of hydrogen-bond acceptors (Lipinski definition) is 5. The quantitative estimate of drug-likeness (QED) is 0.583. The van der Waals surface area contributed by atoms with Gasteiger partial charge in [0.05, 0.1) is 32.0 Å². The van der Waals surface area contributed by atoms with Gasteiger partial charge >= 0.3 is 0 Å². The van der Waals surface area contributed by atoms with Crippen molar-refractivity contribution in [2.24, 2.45) is 0 Å². The SMILES string of the molecule is COc1ccc(C(=O)/C=C/c2ccc(C#N)cc2)cc1CN1CCOCC1. The van der Waals surface area contributed by atoms with Crippen LogP contribution in [0.25, 0.3) is 6.08 Å². The van der Waals surface area contributed by atoms with Crippen LogP contribution in [0.3, 0.4) is 0 Å². The molecule has 5 nitrogen and oxygen atoms in total. The van der Waals surface area contributed by atoms with Crippen LogP contribution in [0.2, 0.25) is 0 Å². The standard InChI is InChI=1S/C22H22N2O3/c1-26-22-9-7-19(14-20(22)16-24-10-12-27-13-11-24)21(25)8-6-17-2-4-18(15-23)5-3-17/h2-9,14H,10-13,16H2,1H3/b8-6+. The molecule has 0 saturated carbocycles. The highest BCUT2D eigenvalue weighted by Crippen LogP contribution is 2.23. The second kappa shape index (κ2) is 9.13. The lowest BCUT2D eigenvalue weighted by Crippen LogP contribution is -2.35. The van der Waals surface area contributed by atoms with Gasteiger partial charge in [-0.15, -0.1) is 0 Å². The summed E-state index contributed by atoms with van der Waals surface area (Å²) in [4.78, 5) is 14.9. The number of benzene rings is 2. The average Bonchev–Trinajstić information content (AvgIpc) is 2.73. The number of allylic oxidation sites excluding steroid dienone is 1. The number of rotatable bonds is 6. The minimum Gasteiger partial charge on any atom is -0.496 e. The highest BCUT2D eigenvalue weighted by Gasteiger charge is 2.15. The van der Waals surface area contributed by atoms with Gasteiger partial charge in [-0.2, -0.15) is 5.26 Å². The van der Waals surface area contributed by atoms with Gasteiger partial charge in [0.1, 0.15) is 5.75 Å². The third-order valence-corrected chi connectivity index (χ3v) is 4.53. The Balaban J connectivity index is 1.74. The highest BCUT2D eigenvalue weighted by molar-refractivity contribution is 6.07. The number of morpholine rings is 1. The van der Waals surface area contributed by atoms with Crippen LogP contribution >= 0.6 is 0 Å². The van der Waals surface area contributed by atoms with Crippen molar-refractivity contribution in [2.75, 3.05) is 33.4 Å². The van der Waals surface area contributed by atoms with E-state index in [4.69, 9.17) is 14.7 Å². The summed E-state index contributed by atoms with van der Waals surface area (Å²) in [6.45, 7) is 3.94. The Morgan fingerprint density at radius 2 is 1.96 bits per heavy atom. The van der Waals surface area contributed by atoms with Crippen molar-refractivity contribution in [1.82, 2.24) is 4.90 Å². The predicted molar refractivity (Wildman–Crippen MR) is 104 cm³/mol. The van der Waals surface area contributed by atoms with Crippen molar-refractivity contribution in [3.8, 4) is 11.8 Å². The van der Waals surface area contributed by atoms with Gasteiger partial charge in [-0.3, -0.25) is 9.69 Å². The summed E-state index contributed by atoms with van der Waals surface area (Å²) in [6.07, 6.45) is 3.32. The lowest BCUT2D eigenvalue weighted by molar-refractivity contribution is 0.0338. The van der Waals surface area contributed by atoms with E-state index in [-0.39, 0.29) is 5.78 Å². The minimum atomic E-state index is -0.0646. The number of carbonyl (C=O) groups is 1. The van der Waals surface area contributed by atoms with Crippen LogP contribution in [0.4, 0.5) is 0 Å². The summed E-state index contributed by atoms with van der Waals surface area (Å²) in [7, 11) is 1.64. The van der Waals surface area contributed by atoms with Crippen LogP contribution in [-0.2, 0) is 11.3 Å². The molecule has 0 aromatic heterocycles. The first kappa shape index (κ1) is 18.8. The molecule has 0 N–H and O–H groups in total. The van der Waals surface area contributed by atoms with Crippen molar-refractivity contribution < 1.29 is 14.3 Å². The van der Waals surface area contributed by atoms with Crippen LogP contribution in [0.15, 0.2) is 48.5 Å². The normalized spacial score (nSPS) is 14.8. The number of carbonyl (C=O) groups excluding carboxylic acids is 1. The molecule has 0 bridgehead atoms. The van der Waals surface area contributed by atoms with E-state index in [0.717, 1.165) is 49.7 Å². The van der Waals surface area contributed by atoms with Gasteiger partial charge < -0.3 is 9.47 Å². The summed E-state index contributed by atoms with van der Waals surface area (Å²) in [6, 6.07) is 14.7. The Hall–Kier alpha value is -2.94. The van der Waals surface area contributed by atoms with E-state index in [9.17, 15) is 4.79 Å². The van der Waals surface area contributed by atoms with Crippen molar-refractivity contribution >= 4 is 11.9 Å². The summed E-state index contributed by atoms with van der Waals surface area (Å²) in [5.41, 5.74) is 3.10. The van der Waals surface area contributed by atoms with Gasteiger partial charge in [-0.05, 0) is 42.0 Å². The molecule has 3 rings (SSSR count). The second-order valence-corrected chi connectivity index (χ2v) is 6.35. The molecule has 1 aliphatic heterocycles. The molecule has 2 aromatic rings. The number of methoxy groups -OCH3 is 1. The molecule has 2 aromatic carbocycles. The summed E-state index contributed by atoms with van der Waals surface area (Å²) in [5, 5.41) is 8.84. The molecule has 0 unspecified atom stereocenters. The Kier molecular flexibility index (Phi) is 6.37. The van der Waals surface area contributed by atoms with Crippen molar-refractivity contribution in [3.63, 3.8) is 0 Å². The molecule has 138 valence electrons. The molecule has 0 spiro atoms. The molecular formula is C22H22N2O3. The van der Waals surface area contributed by atoms with Crippen LogP contribution in [0.5, 0.6) is 5.75 Å². The van der Waals surface area contributed by atoms with Crippen molar-refractivity contribution in [2.45, 2.75) is 6.54 Å². The van der Waals surface area contributed by atoms with Gasteiger partial charge in [0.2, 0.25) is 0 Å². The molecular weight excluding hydrogens is 340 g/mol. The minimum absolute atomic E-state index is 0.0646. The van der Waals surface area contributed by atoms with E-state index in [1.807, 2.05) is 24.3 Å². The molecule has 1 saturated heterocycles. The lowest BCUT2D eigenvalue weighted by Gasteiger charge is -2.27. The predicted octanol–water partition coefficient (Wildman–Crippen LogP) is 3.30. The van der Waals surface area contributed by atoms with Gasteiger partial charge in [0.15, 0.2) is 5.78 Å². The largest absolute Gasteiger partial charge is 0.496 e. The van der Waals surface area contributed by atoms with E-state index in [1.165, 1.54) is 0 Å². The fraction of sp³-hybridized carbons (Fsp3) is 0.273. The maximum Gasteiger partial charge on any atom is 0.185 e.